The van der Waals surface area contributed by atoms with Crippen molar-refractivity contribution >= 4 is 36.0 Å². The van der Waals surface area contributed by atoms with Gasteiger partial charge in [0.15, 0.2) is 4.77 Å². The molecule has 152 valence electrons. The molecule has 0 saturated carbocycles. The minimum Gasteiger partial charge on any atom is -0.466 e. The molecule has 0 amide bonds. The number of allylic oxidation sites excluding steroid dienone is 1. The van der Waals surface area contributed by atoms with Gasteiger partial charge in [0, 0.05) is 24.6 Å². The molecule has 0 N–H and O–H groups in total. The van der Waals surface area contributed by atoms with Gasteiger partial charge in [-0.1, -0.05) is 36.4 Å². The summed E-state index contributed by atoms with van der Waals surface area (Å²) in [6.07, 6.45) is 4.85. The first-order valence-electron chi connectivity index (χ1n) is 9.75. The molecule has 1 aromatic carbocycles. The van der Waals surface area contributed by atoms with Gasteiger partial charge in [-0.25, -0.2) is 0 Å². The molecular formula is C23H26N2O3S. The van der Waals surface area contributed by atoms with Crippen LogP contribution in [0.1, 0.15) is 37.8 Å². The molecule has 0 aliphatic rings. The van der Waals surface area contributed by atoms with Crippen molar-refractivity contribution in [1.82, 2.24) is 8.97 Å². The zero-order valence-corrected chi connectivity index (χ0v) is 17.9. The first kappa shape index (κ1) is 20.9. The Balaban J connectivity index is 1.78. The summed E-state index contributed by atoms with van der Waals surface area (Å²) in [5.41, 5.74) is 3.13. The van der Waals surface area contributed by atoms with Crippen LogP contribution < -0.4 is 10.1 Å². The van der Waals surface area contributed by atoms with Crippen LogP contribution in [-0.2, 0) is 16.1 Å². The number of carbonyl (C=O) groups is 1. The molecule has 0 radical (unpaired) electrons. The van der Waals surface area contributed by atoms with E-state index < -0.39 is 0 Å². The highest BCUT2D eigenvalue weighted by Crippen LogP contribution is 2.24. The summed E-state index contributed by atoms with van der Waals surface area (Å²) in [5, 5.41) is 0.811. The van der Waals surface area contributed by atoms with Crippen molar-refractivity contribution in [2.24, 2.45) is 0 Å². The molecule has 0 fully saturated rings. The Morgan fingerprint density at radius 3 is 2.62 bits per heavy atom. The van der Waals surface area contributed by atoms with Crippen LogP contribution in [0.5, 0.6) is 5.75 Å². The lowest BCUT2D eigenvalue weighted by molar-refractivity contribution is -0.143. The maximum Gasteiger partial charge on any atom is 0.305 e. The number of aryl methyl sites for hydroxylation is 1. The number of benzene rings is 1. The maximum absolute atomic E-state index is 11.5. The van der Waals surface area contributed by atoms with Crippen molar-refractivity contribution in [2.75, 3.05) is 6.61 Å². The van der Waals surface area contributed by atoms with Crippen molar-refractivity contribution in [1.29, 1.82) is 0 Å². The summed E-state index contributed by atoms with van der Waals surface area (Å²) in [4.78, 5) is 11.5. The summed E-state index contributed by atoms with van der Waals surface area (Å²) in [7, 11) is 0. The van der Waals surface area contributed by atoms with Gasteiger partial charge in [0.05, 0.1) is 23.7 Å². The second kappa shape index (κ2) is 9.09. The molecule has 2 aromatic heterocycles. The molecule has 0 aliphatic carbocycles. The summed E-state index contributed by atoms with van der Waals surface area (Å²) in [6.45, 7) is 11.0. The maximum atomic E-state index is 11.5. The lowest BCUT2D eigenvalue weighted by atomic mass is 10.1. The van der Waals surface area contributed by atoms with Crippen molar-refractivity contribution in [3.8, 4) is 5.75 Å². The van der Waals surface area contributed by atoms with Gasteiger partial charge in [-0.3, -0.25) is 9.20 Å². The highest BCUT2D eigenvalue weighted by molar-refractivity contribution is 7.71. The van der Waals surface area contributed by atoms with Crippen LogP contribution in [-0.4, -0.2) is 21.5 Å². The topological polar surface area (TPSA) is 44.9 Å². The first-order chi connectivity index (χ1) is 13.9. The highest BCUT2D eigenvalue weighted by Gasteiger charge is 2.12. The average molecular weight is 411 g/mol. The minimum absolute atomic E-state index is 0.187. The van der Waals surface area contributed by atoms with E-state index in [2.05, 4.69) is 25.6 Å². The van der Waals surface area contributed by atoms with Gasteiger partial charge in [0.1, 0.15) is 11.5 Å². The number of hydrogen-bond acceptors (Lipinski definition) is 4. The van der Waals surface area contributed by atoms with E-state index in [-0.39, 0.29) is 5.97 Å². The standard InChI is InChI=1S/C23H26N2O3S/c1-5-21(18-11-9-16(3)10-12-18)28-19-14-20-17(4)24(23(29)25(20)15-19)13-7-8-22(26)27-6-2/h5,9-12,14-15H,4,6-8,13H2,1-3H3/b21-5-. The molecule has 0 unspecified atom stereocenters. The van der Waals surface area contributed by atoms with Crippen LogP contribution in [0, 0.1) is 11.7 Å². The Kier molecular flexibility index (Phi) is 6.54. The van der Waals surface area contributed by atoms with Gasteiger partial charge >= 0.3 is 5.97 Å². The third-order valence-corrected chi connectivity index (χ3v) is 5.16. The van der Waals surface area contributed by atoms with Gasteiger partial charge in [-0.15, -0.1) is 0 Å². The van der Waals surface area contributed by atoms with E-state index in [9.17, 15) is 4.79 Å². The van der Waals surface area contributed by atoms with Gasteiger partial charge in [-0.05, 0) is 45.5 Å². The van der Waals surface area contributed by atoms with Gasteiger partial charge in [0.25, 0.3) is 0 Å². The number of rotatable bonds is 8. The number of imidazole rings is 1. The van der Waals surface area contributed by atoms with E-state index in [1.165, 1.54) is 5.56 Å². The van der Waals surface area contributed by atoms with Crippen LogP contribution in [0.4, 0.5) is 0 Å². The van der Waals surface area contributed by atoms with Gasteiger partial charge in [0.2, 0.25) is 0 Å². The lowest BCUT2D eigenvalue weighted by Crippen LogP contribution is -2.16. The number of aromatic nitrogens is 2. The predicted molar refractivity (Wildman–Crippen MR) is 118 cm³/mol. The summed E-state index contributed by atoms with van der Waals surface area (Å²) >= 11 is 5.61. The molecule has 5 nitrogen and oxygen atoms in total. The van der Waals surface area contributed by atoms with Gasteiger partial charge in [-0.2, -0.15) is 0 Å². The van der Waals surface area contributed by atoms with Crippen molar-refractivity contribution in [3.63, 3.8) is 0 Å². The third-order valence-electron chi connectivity index (χ3n) is 4.75. The predicted octanol–water partition coefficient (Wildman–Crippen LogP) is 4.69. The van der Waals surface area contributed by atoms with E-state index >= 15 is 0 Å². The Labute approximate surface area is 175 Å². The molecule has 0 saturated heterocycles. The van der Waals surface area contributed by atoms with Crippen LogP contribution in [0.15, 0.2) is 42.6 Å². The molecule has 3 aromatic rings. The van der Waals surface area contributed by atoms with Crippen LogP contribution in [0.25, 0.3) is 17.9 Å². The second-order valence-electron chi connectivity index (χ2n) is 6.84. The Morgan fingerprint density at radius 1 is 1.28 bits per heavy atom. The fourth-order valence-corrected chi connectivity index (χ4v) is 3.59. The number of ether oxygens (including phenoxy) is 2. The summed E-state index contributed by atoms with van der Waals surface area (Å²) in [6, 6.07) is 10.2. The van der Waals surface area contributed by atoms with Crippen LogP contribution >= 0.6 is 12.2 Å². The normalized spacial score (nSPS) is 11.8. The molecule has 0 spiro atoms. The molecule has 2 heterocycles. The summed E-state index contributed by atoms with van der Waals surface area (Å²) in [5.74, 6) is 1.31. The fourth-order valence-electron chi connectivity index (χ4n) is 3.23. The first-order valence-corrected chi connectivity index (χ1v) is 10.2. The molecule has 6 heteroatoms. The largest absolute Gasteiger partial charge is 0.466 e. The van der Waals surface area contributed by atoms with E-state index in [0.29, 0.717) is 36.5 Å². The zero-order valence-electron chi connectivity index (χ0n) is 17.1. The number of fused-ring (bicyclic) bond motifs is 1. The monoisotopic (exact) mass is 410 g/mol. The third kappa shape index (κ3) is 4.59. The SMILES string of the molecule is C=c1c2cc(O/C(=C\C)c3ccc(C)cc3)cn2c(=S)n1CCCC(=O)OCC. The van der Waals surface area contributed by atoms with Gasteiger partial charge < -0.3 is 14.0 Å². The van der Waals surface area contributed by atoms with E-state index in [1.54, 1.807) is 6.92 Å². The fraction of sp³-hybridized carbons (Fsp3) is 0.304. The Morgan fingerprint density at radius 2 is 2.00 bits per heavy atom. The Hall–Kier alpha value is -2.86. The smallest absolute Gasteiger partial charge is 0.305 e. The second-order valence-corrected chi connectivity index (χ2v) is 7.21. The number of carbonyl (C=O) groups excluding carboxylic acids is 1. The van der Waals surface area contributed by atoms with E-state index in [4.69, 9.17) is 21.7 Å². The number of hydrogen-bond donors (Lipinski definition) is 0. The van der Waals surface area contributed by atoms with Crippen molar-refractivity contribution in [3.05, 3.63) is 63.9 Å². The minimum atomic E-state index is -0.187. The van der Waals surface area contributed by atoms with Crippen LogP contribution in [0.2, 0.25) is 0 Å². The lowest BCUT2D eigenvalue weighted by Gasteiger charge is -2.09. The molecule has 29 heavy (non-hydrogen) atoms. The Bertz CT molecular complexity index is 1090. The molecule has 0 bridgehead atoms. The van der Waals surface area contributed by atoms with E-state index in [1.807, 2.05) is 46.4 Å². The molecule has 3 rings (SSSR count). The quantitative estimate of drug-likeness (QED) is 0.307. The highest BCUT2D eigenvalue weighted by atomic mass is 32.1. The average Bonchev–Trinajstić information content (AvgIpc) is 3.21. The number of nitrogens with zero attached hydrogens (tertiary/aromatic N) is 2. The number of esters is 1. The van der Waals surface area contributed by atoms with E-state index in [0.717, 1.165) is 22.2 Å². The van der Waals surface area contributed by atoms with Crippen molar-refractivity contribution in [2.45, 2.75) is 40.2 Å². The summed E-state index contributed by atoms with van der Waals surface area (Å²) < 4.78 is 15.6. The van der Waals surface area contributed by atoms with Crippen molar-refractivity contribution < 1.29 is 14.3 Å². The molecule has 0 aliphatic heterocycles. The zero-order chi connectivity index (χ0) is 21.0. The van der Waals surface area contributed by atoms with Crippen LogP contribution in [0.3, 0.4) is 0 Å². The molecular weight excluding hydrogens is 384 g/mol. The molecule has 0 atom stereocenters.